The van der Waals surface area contributed by atoms with E-state index < -0.39 is 4.32 Å². The molecule has 1 atom stereocenters. The molecule has 0 N–H and O–H groups in total. The summed E-state index contributed by atoms with van der Waals surface area (Å²) in [6.07, 6.45) is 3.85. The molecular formula is C18H14BrCl3O. The molecule has 5 heteroatoms. The second-order valence-corrected chi connectivity index (χ2v) is 8.40. The van der Waals surface area contributed by atoms with Crippen molar-refractivity contribution < 1.29 is 4.79 Å². The lowest BCUT2D eigenvalue weighted by molar-refractivity contribution is -0.112. The Morgan fingerprint density at radius 3 is 2.13 bits per heavy atom. The molecule has 0 aliphatic heterocycles. The zero-order valence-electron chi connectivity index (χ0n) is 12.2. The number of carbonyl (C=O) groups is 1. The summed E-state index contributed by atoms with van der Waals surface area (Å²) in [4.78, 5) is 12.1. The van der Waals surface area contributed by atoms with E-state index in [0.717, 1.165) is 36.7 Å². The Morgan fingerprint density at radius 2 is 1.65 bits per heavy atom. The van der Waals surface area contributed by atoms with Gasteiger partial charge in [0.1, 0.15) is 10.6 Å². The maximum absolute atomic E-state index is 12.1. The van der Waals surface area contributed by atoms with Crippen LogP contribution in [0, 0.1) is 0 Å². The van der Waals surface area contributed by atoms with E-state index >= 15 is 0 Å². The standard InChI is InChI=1S/C18H14BrCl3O/c19-18(11-23,12-2-5-14(20)6-3-12)17(8-1-9-17)13-4-7-15(21)16(22)10-13/h2-7,10-11H,1,8-9H2. The van der Waals surface area contributed by atoms with Gasteiger partial charge in [-0.25, -0.2) is 0 Å². The van der Waals surface area contributed by atoms with Gasteiger partial charge in [-0.05, 0) is 48.2 Å². The minimum atomic E-state index is -0.819. The van der Waals surface area contributed by atoms with Crippen molar-refractivity contribution in [3.8, 4) is 0 Å². The molecule has 1 unspecified atom stereocenters. The number of rotatable bonds is 4. The van der Waals surface area contributed by atoms with E-state index in [-0.39, 0.29) is 5.41 Å². The number of halogens is 4. The Morgan fingerprint density at radius 1 is 1.00 bits per heavy atom. The third-order valence-corrected chi connectivity index (χ3v) is 7.20. The summed E-state index contributed by atoms with van der Waals surface area (Å²) < 4.78 is -0.819. The summed E-state index contributed by atoms with van der Waals surface area (Å²) in [6.45, 7) is 0. The minimum Gasteiger partial charge on any atom is -0.301 e. The van der Waals surface area contributed by atoms with Crippen LogP contribution in [0.3, 0.4) is 0 Å². The third-order valence-electron chi connectivity index (χ3n) is 4.80. The van der Waals surface area contributed by atoms with Crippen LogP contribution in [0.15, 0.2) is 42.5 Å². The lowest BCUT2D eigenvalue weighted by Crippen LogP contribution is -2.51. The number of benzene rings is 2. The third kappa shape index (κ3) is 2.74. The molecule has 1 saturated carbocycles. The normalized spacial score (nSPS) is 18.8. The monoisotopic (exact) mass is 430 g/mol. The number of carbonyl (C=O) groups excluding carboxylic acids is 1. The Bertz CT molecular complexity index is 740. The Kier molecular flexibility index (Phi) is 4.81. The highest BCUT2D eigenvalue weighted by Gasteiger charge is 2.55. The van der Waals surface area contributed by atoms with E-state index in [1.807, 2.05) is 24.3 Å². The summed E-state index contributed by atoms with van der Waals surface area (Å²) in [6, 6.07) is 13.0. The maximum Gasteiger partial charge on any atom is 0.142 e. The Labute approximate surface area is 159 Å². The van der Waals surface area contributed by atoms with Crippen molar-refractivity contribution in [1.82, 2.24) is 0 Å². The van der Waals surface area contributed by atoms with Crippen molar-refractivity contribution in [2.75, 3.05) is 0 Å². The van der Waals surface area contributed by atoms with Crippen LogP contribution in [0.5, 0.6) is 0 Å². The lowest BCUT2D eigenvalue weighted by Gasteiger charge is -2.51. The van der Waals surface area contributed by atoms with E-state index in [0.29, 0.717) is 15.1 Å². The smallest absolute Gasteiger partial charge is 0.142 e. The first-order valence-corrected chi connectivity index (χ1v) is 9.22. The summed E-state index contributed by atoms with van der Waals surface area (Å²) in [5.74, 6) is 0. The summed E-state index contributed by atoms with van der Waals surface area (Å²) >= 11 is 22.0. The summed E-state index contributed by atoms with van der Waals surface area (Å²) in [5, 5.41) is 1.67. The zero-order chi connectivity index (χ0) is 16.7. The molecule has 0 aromatic heterocycles. The van der Waals surface area contributed by atoms with Crippen LogP contribution in [0.2, 0.25) is 15.1 Å². The molecule has 3 rings (SSSR count). The fourth-order valence-electron chi connectivity index (χ4n) is 3.34. The van der Waals surface area contributed by atoms with Crippen molar-refractivity contribution in [2.24, 2.45) is 0 Å². The van der Waals surface area contributed by atoms with Gasteiger partial charge in [-0.15, -0.1) is 0 Å². The van der Waals surface area contributed by atoms with Crippen molar-refractivity contribution >= 4 is 57.0 Å². The van der Waals surface area contributed by atoms with Gasteiger partial charge >= 0.3 is 0 Å². The highest BCUT2D eigenvalue weighted by atomic mass is 79.9. The molecule has 0 amide bonds. The lowest BCUT2D eigenvalue weighted by atomic mass is 9.56. The minimum absolute atomic E-state index is 0.336. The predicted octanol–water partition coefficient (Wildman–Crippen LogP) is 6.56. The summed E-state index contributed by atoms with van der Waals surface area (Å²) in [7, 11) is 0. The molecule has 0 radical (unpaired) electrons. The second-order valence-electron chi connectivity index (χ2n) is 5.90. The average molecular weight is 433 g/mol. The summed E-state index contributed by atoms with van der Waals surface area (Å²) in [5.41, 5.74) is 1.58. The molecule has 23 heavy (non-hydrogen) atoms. The molecule has 1 aliphatic rings. The molecular weight excluding hydrogens is 418 g/mol. The van der Waals surface area contributed by atoms with E-state index in [1.165, 1.54) is 0 Å². The van der Waals surface area contributed by atoms with Crippen LogP contribution in [-0.2, 0) is 14.5 Å². The maximum atomic E-state index is 12.1. The van der Waals surface area contributed by atoms with Crippen molar-refractivity contribution in [3.05, 3.63) is 68.7 Å². The van der Waals surface area contributed by atoms with Crippen LogP contribution in [0.25, 0.3) is 0 Å². The molecule has 2 aromatic rings. The fraction of sp³-hybridized carbons (Fsp3) is 0.278. The largest absolute Gasteiger partial charge is 0.301 e. The van der Waals surface area contributed by atoms with Gasteiger partial charge in [-0.1, -0.05) is 75.4 Å². The average Bonchev–Trinajstić information content (AvgIpc) is 2.50. The molecule has 0 heterocycles. The molecule has 1 nitrogen and oxygen atoms in total. The van der Waals surface area contributed by atoms with Crippen LogP contribution in [-0.4, -0.2) is 6.29 Å². The molecule has 1 fully saturated rings. The SMILES string of the molecule is O=CC(Br)(c1ccc(Cl)cc1)C1(c2ccc(Cl)c(Cl)c2)CCC1. The number of aldehydes is 1. The van der Waals surface area contributed by atoms with E-state index in [4.69, 9.17) is 34.8 Å². The van der Waals surface area contributed by atoms with Crippen LogP contribution < -0.4 is 0 Å². The Balaban J connectivity index is 2.14. The van der Waals surface area contributed by atoms with Gasteiger partial charge in [0.15, 0.2) is 0 Å². The molecule has 0 saturated heterocycles. The van der Waals surface area contributed by atoms with E-state index in [9.17, 15) is 4.79 Å². The first-order valence-electron chi connectivity index (χ1n) is 7.30. The van der Waals surface area contributed by atoms with Gasteiger partial charge in [0.2, 0.25) is 0 Å². The number of hydrogen-bond acceptors (Lipinski definition) is 1. The second kappa shape index (κ2) is 6.40. The van der Waals surface area contributed by atoms with Crippen molar-refractivity contribution in [3.63, 3.8) is 0 Å². The molecule has 120 valence electrons. The van der Waals surface area contributed by atoms with Gasteiger partial charge in [-0.2, -0.15) is 0 Å². The van der Waals surface area contributed by atoms with Gasteiger partial charge in [-0.3, -0.25) is 0 Å². The van der Waals surface area contributed by atoms with E-state index in [2.05, 4.69) is 15.9 Å². The molecule has 0 bridgehead atoms. The zero-order valence-corrected chi connectivity index (χ0v) is 16.0. The van der Waals surface area contributed by atoms with Crippen LogP contribution >= 0.6 is 50.7 Å². The quantitative estimate of drug-likeness (QED) is 0.395. The van der Waals surface area contributed by atoms with Crippen molar-refractivity contribution in [1.29, 1.82) is 0 Å². The first kappa shape index (κ1) is 17.3. The first-order chi connectivity index (χ1) is 10.9. The molecule has 0 spiro atoms. The van der Waals surface area contributed by atoms with Crippen molar-refractivity contribution in [2.45, 2.75) is 29.0 Å². The van der Waals surface area contributed by atoms with Gasteiger partial charge in [0.05, 0.1) is 10.0 Å². The number of alkyl halides is 1. The topological polar surface area (TPSA) is 17.1 Å². The highest BCUT2D eigenvalue weighted by Crippen LogP contribution is 2.59. The predicted molar refractivity (Wildman–Crippen MR) is 100 cm³/mol. The van der Waals surface area contributed by atoms with Gasteiger partial charge < -0.3 is 4.79 Å². The number of hydrogen-bond donors (Lipinski definition) is 0. The Hall–Kier alpha value is -0.540. The van der Waals surface area contributed by atoms with Crippen LogP contribution in [0.1, 0.15) is 30.4 Å². The van der Waals surface area contributed by atoms with E-state index in [1.54, 1.807) is 18.2 Å². The highest BCUT2D eigenvalue weighted by molar-refractivity contribution is 9.10. The molecule has 1 aliphatic carbocycles. The fourth-order valence-corrected chi connectivity index (χ4v) is 4.65. The van der Waals surface area contributed by atoms with Gasteiger partial charge in [0, 0.05) is 10.4 Å². The van der Waals surface area contributed by atoms with Gasteiger partial charge in [0.25, 0.3) is 0 Å². The van der Waals surface area contributed by atoms with Crippen LogP contribution in [0.4, 0.5) is 0 Å². The molecule has 2 aromatic carbocycles.